The molecule has 4 aromatic rings. The molecule has 1 saturated heterocycles. The molecule has 2 heterocycles. The molecule has 5 rings (SSSR count). The van der Waals surface area contributed by atoms with Gasteiger partial charge in [-0.05, 0) is 48.4 Å². The van der Waals surface area contributed by atoms with Gasteiger partial charge in [-0.25, -0.2) is 13.8 Å². The molecule has 1 aliphatic rings. The van der Waals surface area contributed by atoms with Crippen molar-refractivity contribution in [2.45, 2.75) is 12.6 Å². The summed E-state index contributed by atoms with van der Waals surface area (Å²) >= 11 is 13.0. The van der Waals surface area contributed by atoms with Crippen molar-refractivity contribution in [2.75, 3.05) is 17.8 Å². The van der Waals surface area contributed by atoms with Crippen molar-refractivity contribution in [2.24, 2.45) is 7.05 Å². The van der Waals surface area contributed by atoms with Crippen LogP contribution in [0.2, 0.25) is 10.0 Å². The maximum Gasteiger partial charge on any atom is 0.301 e. The van der Waals surface area contributed by atoms with Crippen LogP contribution in [0.15, 0.2) is 59.7 Å². The number of benzene rings is 3. The number of rotatable bonds is 6. The molecule has 1 atom stereocenters. The summed E-state index contributed by atoms with van der Waals surface area (Å²) in [5.74, 6) is -1.04. The number of halogens is 4. The number of nitrogens with one attached hydrogen (secondary N) is 1. The van der Waals surface area contributed by atoms with E-state index in [9.17, 15) is 22.0 Å². The molecule has 1 aromatic heterocycles. The zero-order valence-electron chi connectivity index (χ0n) is 19.8. The number of hydrogen-bond acceptors (Lipinski definition) is 5. The van der Waals surface area contributed by atoms with Crippen LogP contribution in [0.4, 0.5) is 14.5 Å². The van der Waals surface area contributed by atoms with Gasteiger partial charge in [-0.15, -0.1) is 0 Å². The fraction of sp³-hybridized carbons (Fsp3) is 0.200. The van der Waals surface area contributed by atoms with Crippen LogP contribution < -0.4 is 15.0 Å². The second kappa shape index (κ2) is 10.1. The quantitative estimate of drug-likeness (QED) is 0.323. The van der Waals surface area contributed by atoms with Crippen molar-refractivity contribution in [3.05, 3.63) is 81.1 Å². The first-order chi connectivity index (χ1) is 18.0. The van der Waals surface area contributed by atoms with E-state index in [0.717, 1.165) is 4.31 Å². The van der Waals surface area contributed by atoms with E-state index in [0.29, 0.717) is 16.6 Å². The molecule has 8 nitrogen and oxygen atoms in total. The van der Waals surface area contributed by atoms with Crippen molar-refractivity contribution < 1.29 is 21.9 Å². The molecule has 198 valence electrons. The Kier molecular flexibility index (Phi) is 7.03. The molecular weight excluding hydrogens is 561 g/mol. The van der Waals surface area contributed by atoms with Gasteiger partial charge in [0.25, 0.3) is 5.56 Å². The SMILES string of the molecule is Cn1cnc2ccc(Oc3c(F)ccc(-c4ccc(NS(=O)(=O)N5CC[C@H](F)C5)cc4)c3Cl)c(Cl)c2c1=O. The number of fused-ring (bicyclic) bond motifs is 1. The minimum absolute atomic E-state index is 0.0180. The third-order valence-electron chi connectivity index (χ3n) is 6.13. The molecule has 1 fully saturated rings. The number of nitrogens with zero attached hydrogens (tertiary/aromatic N) is 3. The summed E-state index contributed by atoms with van der Waals surface area (Å²) in [6, 6.07) is 11.8. The molecule has 0 unspecified atom stereocenters. The van der Waals surface area contributed by atoms with E-state index in [1.54, 1.807) is 12.1 Å². The van der Waals surface area contributed by atoms with Crippen LogP contribution in [0, 0.1) is 5.82 Å². The van der Waals surface area contributed by atoms with Gasteiger partial charge in [-0.1, -0.05) is 35.3 Å². The minimum atomic E-state index is -3.90. The Morgan fingerprint density at radius 2 is 1.82 bits per heavy atom. The molecule has 38 heavy (non-hydrogen) atoms. The monoisotopic (exact) mass is 580 g/mol. The molecule has 3 aromatic carbocycles. The number of hydrogen-bond donors (Lipinski definition) is 1. The fourth-order valence-electron chi connectivity index (χ4n) is 4.11. The van der Waals surface area contributed by atoms with Crippen molar-refractivity contribution in [3.8, 4) is 22.6 Å². The number of alkyl halides is 1. The maximum atomic E-state index is 14.8. The van der Waals surface area contributed by atoms with Crippen LogP contribution in [0.1, 0.15) is 6.42 Å². The predicted octanol–water partition coefficient (Wildman–Crippen LogP) is 5.54. The van der Waals surface area contributed by atoms with Crippen LogP contribution in [0.3, 0.4) is 0 Å². The largest absolute Gasteiger partial charge is 0.451 e. The van der Waals surface area contributed by atoms with Gasteiger partial charge >= 0.3 is 10.2 Å². The van der Waals surface area contributed by atoms with Gasteiger partial charge in [0.15, 0.2) is 11.6 Å². The molecule has 0 amide bonds. The molecule has 0 bridgehead atoms. The Hall–Kier alpha value is -3.25. The highest BCUT2D eigenvalue weighted by molar-refractivity contribution is 7.90. The van der Waals surface area contributed by atoms with E-state index < -0.39 is 27.8 Å². The molecule has 1 aliphatic heterocycles. The van der Waals surface area contributed by atoms with Crippen LogP contribution in [0.25, 0.3) is 22.0 Å². The van der Waals surface area contributed by atoms with Gasteiger partial charge in [-0.2, -0.15) is 12.7 Å². The van der Waals surface area contributed by atoms with Crippen molar-refractivity contribution >= 4 is 50.0 Å². The average molecular weight is 581 g/mol. The van der Waals surface area contributed by atoms with E-state index in [2.05, 4.69) is 9.71 Å². The van der Waals surface area contributed by atoms with Gasteiger partial charge in [0.05, 0.1) is 27.3 Å². The third kappa shape index (κ3) is 4.94. The standard InChI is InChI=1S/C25H20Cl2F2N4O4S/c1-32-13-30-19-8-9-20(23(27)21(19)25(32)34)37-24-18(29)7-6-17(22(24)26)14-2-4-16(5-3-14)31-38(35,36)33-11-10-15(28)12-33/h2-9,13,15,31H,10-12H2,1H3/t15-/m0/s1. The Bertz CT molecular complexity index is 1720. The van der Waals surface area contributed by atoms with Crippen molar-refractivity contribution in [3.63, 3.8) is 0 Å². The lowest BCUT2D eigenvalue weighted by Crippen LogP contribution is -2.34. The fourth-order valence-corrected chi connectivity index (χ4v) is 5.96. The van der Waals surface area contributed by atoms with E-state index in [1.165, 1.54) is 54.3 Å². The molecule has 0 spiro atoms. The average Bonchev–Trinajstić information content (AvgIpc) is 3.33. The lowest BCUT2D eigenvalue weighted by Gasteiger charge is -2.17. The predicted molar refractivity (Wildman–Crippen MR) is 143 cm³/mol. The summed E-state index contributed by atoms with van der Waals surface area (Å²) in [6.07, 6.45) is 0.340. The topological polar surface area (TPSA) is 93.5 Å². The summed E-state index contributed by atoms with van der Waals surface area (Å²) in [5, 5.41) is 0.0290. The smallest absolute Gasteiger partial charge is 0.301 e. The first-order valence-corrected chi connectivity index (χ1v) is 13.6. The van der Waals surface area contributed by atoms with Crippen molar-refractivity contribution in [1.29, 1.82) is 0 Å². The highest BCUT2D eigenvalue weighted by Crippen LogP contribution is 2.42. The highest BCUT2D eigenvalue weighted by atomic mass is 35.5. The lowest BCUT2D eigenvalue weighted by atomic mass is 10.0. The molecule has 0 aliphatic carbocycles. The summed E-state index contributed by atoms with van der Waals surface area (Å²) in [7, 11) is -2.37. The van der Waals surface area contributed by atoms with Crippen LogP contribution >= 0.6 is 23.2 Å². The molecule has 1 N–H and O–H groups in total. The Balaban J connectivity index is 1.44. The van der Waals surface area contributed by atoms with Gasteiger partial charge in [-0.3, -0.25) is 9.52 Å². The van der Waals surface area contributed by atoms with Gasteiger partial charge in [0.2, 0.25) is 0 Å². The normalized spacial score (nSPS) is 16.2. The molecule has 13 heteroatoms. The molecule has 0 saturated carbocycles. The van der Waals surface area contributed by atoms with Gasteiger partial charge in [0, 0.05) is 31.4 Å². The lowest BCUT2D eigenvalue weighted by molar-refractivity contribution is 0.343. The maximum absolute atomic E-state index is 14.8. The Morgan fingerprint density at radius 3 is 2.50 bits per heavy atom. The molecule has 0 radical (unpaired) electrons. The van der Waals surface area contributed by atoms with Crippen LogP contribution in [0.5, 0.6) is 11.5 Å². The van der Waals surface area contributed by atoms with Crippen LogP contribution in [-0.2, 0) is 17.3 Å². The van der Waals surface area contributed by atoms with Crippen LogP contribution in [-0.4, -0.2) is 41.5 Å². The van der Waals surface area contributed by atoms with E-state index in [1.807, 2.05) is 0 Å². The van der Waals surface area contributed by atoms with Crippen molar-refractivity contribution in [1.82, 2.24) is 13.9 Å². The summed E-state index contributed by atoms with van der Waals surface area (Å²) in [4.78, 5) is 16.7. The second-order valence-electron chi connectivity index (χ2n) is 8.70. The number of ether oxygens (including phenoxy) is 1. The summed E-state index contributed by atoms with van der Waals surface area (Å²) in [5.41, 5.74) is 1.19. The number of aryl methyl sites for hydroxylation is 1. The van der Waals surface area contributed by atoms with Gasteiger partial charge < -0.3 is 9.30 Å². The van der Waals surface area contributed by atoms with E-state index >= 15 is 0 Å². The molecular formula is C25H20Cl2F2N4O4S. The third-order valence-corrected chi connectivity index (χ3v) is 8.38. The minimum Gasteiger partial charge on any atom is -0.451 e. The summed E-state index contributed by atoms with van der Waals surface area (Å²) in [6.45, 7) is -0.0808. The highest BCUT2D eigenvalue weighted by Gasteiger charge is 2.31. The Labute approximate surface area is 226 Å². The second-order valence-corrected chi connectivity index (χ2v) is 11.1. The number of aromatic nitrogens is 2. The van der Waals surface area contributed by atoms with E-state index in [4.69, 9.17) is 27.9 Å². The zero-order valence-corrected chi connectivity index (χ0v) is 22.1. The Morgan fingerprint density at radius 1 is 1.08 bits per heavy atom. The summed E-state index contributed by atoms with van der Waals surface area (Å²) < 4.78 is 63.7. The van der Waals surface area contributed by atoms with E-state index in [-0.39, 0.29) is 52.1 Å². The first-order valence-electron chi connectivity index (χ1n) is 11.4. The zero-order chi connectivity index (χ0) is 27.2. The number of anilines is 1. The first kappa shape index (κ1) is 26.4. The van der Waals surface area contributed by atoms with Gasteiger partial charge in [0.1, 0.15) is 11.9 Å².